The maximum atomic E-state index is 5.35. The SMILES string of the molecule is CC(C)C(C)NC(=NCc1cccs1)NCCc1ccco1.I. The van der Waals surface area contributed by atoms with Gasteiger partial charge in [-0.3, -0.25) is 0 Å². The molecule has 0 aliphatic heterocycles. The fraction of sp³-hybridized carbons (Fsp3) is 0.471. The molecule has 2 aromatic rings. The van der Waals surface area contributed by atoms with Gasteiger partial charge in [-0.25, -0.2) is 4.99 Å². The van der Waals surface area contributed by atoms with E-state index in [0.717, 1.165) is 24.7 Å². The fourth-order valence-corrected chi connectivity index (χ4v) is 2.48. The second kappa shape index (κ2) is 10.7. The molecule has 1 unspecified atom stereocenters. The van der Waals surface area contributed by atoms with Crippen molar-refractivity contribution in [1.29, 1.82) is 0 Å². The van der Waals surface area contributed by atoms with Crippen molar-refractivity contribution in [1.82, 2.24) is 10.6 Å². The Morgan fingerprint density at radius 3 is 2.70 bits per heavy atom. The Hall–Kier alpha value is -1.02. The van der Waals surface area contributed by atoms with Gasteiger partial charge in [0.05, 0.1) is 12.8 Å². The minimum atomic E-state index is 0. The van der Waals surface area contributed by atoms with Gasteiger partial charge >= 0.3 is 0 Å². The molecule has 0 aliphatic rings. The maximum absolute atomic E-state index is 5.35. The second-order valence-corrected chi connectivity index (χ2v) is 6.71. The summed E-state index contributed by atoms with van der Waals surface area (Å²) in [5, 5.41) is 8.94. The monoisotopic (exact) mass is 447 g/mol. The lowest BCUT2D eigenvalue weighted by Crippen LogP contribution is -2.44. The van der Waals surface area contributed by atoms with Crippen LogP contribution in [0, 0.1) is 5.92 Å². The maximum Gasteiger partial charge on any atom is 0.191 e. The predicted octanol–water partition coefficient (Wildman–Crippen LogP) is 4.28. The quantitative estimate of drug-likeness (QED) is 0.379. The van der Waals surface area contributed by atoms with Gasteiger partial charge in [0.1, 0.15) is 5.76 Å². The molecule has 0 radical (unpaired) electrons. The predicted molar refractivity (Wildman–Crippen MR) is 109 cm³/mol. The van der Waals surface area contributed by atoms with Gasteiger partial charge in [0.2, 0.25) is 0 Å². The molecule has 0 saturated heterocycles. The van der Waals surface area contributed by atoms with Crippen molar-refractivity contribution in [2.45, 2.75) is 39.8 Å². The van der Waals surface area contributed by atoms with E-state index in [0.29, 0.717) is 18.5 Å². The molecule has 4 nitrogen and oxygen atoms in total. The van der Waals surface area contributed by atoms with E-state index in [1.165, 1.54) is 4.88 Å². The molecule has 2 rings (SSSR count). The first-order chi connectivity index (χ1) is 10.6. The summed E-state index contributed by atoms with van der Waals surface area (Å²) in [4.78, 5) is 5.95. The fourth-order valence-electron chi connectivity index (χ4n) is 1.85. The van der Waals surface area contributed by atoms with Crippen molar-refractivity contribution in [3.8, 4) is 0 Å². The van der Waals surface area contributed by atoms with E-state index in [2.05, 4.69) is 53.9 Å². The number of guanidine groups is 1. The third kappa shape index (κ3) is 7.39. The Bertz CT molecular complexity index is 552. The first-order valence-corrected chi connectivity index (χ1v) is 8.62. The van der Waals surface area contributed by atoms with Crippen molar-refractivity contribution < 1.29 is 4.42 Å². The molecule has 6 heteroatoms. The highest BCUT2D eigenvalue weighted by atomic mass is 127. The molecule has 0 aromatic carbocycles. The smallest absolute Gasteiger partial charge is 0.191 e. The van der Waals surface area contributed by atoms with Gasteiger partial charge in [-0.15, -0.1) is 35.3 Å². The standard InChI is InChI=1S/C17H25N3OS.HI/c1-13(2)14(3)20-17(19-12-16-7-5-11-22-16)18-9-8-15-6-4-10-21-15;/h4-7,10-11,13-14H,8-9,12H2,1-3H3,(H2,18,19,20);1H. The van der Waals surface area contributed by atoms with Gasteiger partial charge < -0.3 is 15.1 Å². The molecule has 2 heterocycles. The summed E-state index contributed by atoms with van der Waals surface area (Å²) in [5.41, 5.74) is 0. The molecular weight excluding hydrogens is 421 g/mol. The Kier molecular flexibility index (Phi) is 9.31. The van der Waals surface area contributed by atoms with E-state index in [1.54, 1.807) is 17.6 Å². The van der Waals surface area contributed by atoms with Crippen LogP contribution >= 0.6 is 35.3 Å². The van der Waals surface area contributed by atoms with E-state index in [1.807, 2.05) is 12.1 Å². The third-order valence-electron chi connectivity index (χ3n) is 3.58. The van der Waals surface area contributed by atoms with Crippen LogP contribution in [-0.2, 0) is 13.0 Å². The lowest BCUT2D eigenvalue weighted by atomic mass is 10.1. The van der Waals surface area contributed by atoms with Crippen LogP contribution in [0.15, 0.2) is 45.3 Å². The van der Waals surface area contributed by atoms with E-state index in [-0.39, 0.29) is 24.0 Å². The summed E-state index contributed by atoms with van der Waals surface area (Å²) < 4.78 is 5.35. The summed E-state index contributed by atoms with van der Waals surface area (Å²) in [7, 11) is 0. The zero-order chi connectivity index (χ0) is 15.8. The van der Waals surface area contributed by atoms with Gasteiger partial charge in [-0.2, -0.15) is 0 Å². The van der Waals surface area contributed by atoms with Gasteiger partial charge in [-0.1, -0.05) is 19.9 Å². The zero-order valence-electron chi connectivity index (χ0n) is 13.9. The first kappa shape index (κ1) is 20.0. The molecule has 0 bridgehead atoms. The number of thiophene rings is 1. The number of halogens is 1. The third-order valence-corrected chi connectivity index (χ3v) is 4.44. The molecule has 1 atom stereocenters. The minimum Gasteiger partial charge on any atom is -0.469 e. The van der Waals surface area contributed by atoms with Crippen LogP contribution in [-0.4, -0.2) is 18.5 Å². The molecule has 23 heavy (non-hydrogen) atoms. The van der Waals surface area contributed by atoms with Crippen molar-refractivity contribution in [2.75, 3.05) is 6.54 Å². The largest absolute Gasteiger partial charge is 0.469 e. The highest BCUT2D eigenvalue weighted by Gasteiger charge is 2.09. The topological polar surface area (TPSA) is 49.6 Å². The van der Waals surface area contributed by atoms with Crippen molar-refractivity contribution >= 4 is 41.3 Å². The van der Waals surface area contributed by atoms with Gasteiger partial charge in [0.15, 0.2) is 5.96 Å². The van der Waals surface area contributed by atoms with E-state index < -0.39 is 0 Å². The van der Waals surface area contributed by atoms with Gasteiger partial charge in [-0.05, 0) is 36.4 Å². The Labute approximate surface area is 159 Å². The van der Waals surface area contributed by atoms with Crippen LogP contribution in [0.4, 0.5) is 0 Å². The Balaban J connectivity index is 0.00000264. The Morgan fingerprint density at radius 2 is 2.09 bits per heavy atom. The van der Waals surface area contributed by atoms with Crippen LogP contribution in [0.3, 0.4) is 0 Å². The number of furan rings is 1. The summed E-state index contributed by atoms with van der Waals surface area (Å²) >= 11 is 1.73. The highest BCUT2D eigenvalue weighted by Crippen LogP contribution is 2.09. The number of rotatable bonds is 7. The summed E-state index contributed by atoms with van der Waals surface area (Å²) in [6.45, 7) is 8.10. The van der Waals surface area contributed by atoms with Crippen LogP contribution in [0.1, 0.15) is 31.4 Å². The van der Waals surface area contributed by atoms with Gasteiger partial charge in [0, 0.05) is 23.9 Å². The Morgan fingerprint density at radius 1 is 1.26 bits per heavy atom. The van der Waals surface area contributed by atoms with Crippen LogP contribution in [0.2, 0.25) is 0 Å². The van der Waals surface area contributed by atoms with E-state index in [9.17, 15) is 0 Å². The molecule has 0 spiro atoms. The number of hydrogen-bond acceptors (Lipinski definition) is 3. The summed E-state index contributed by atoms with van der Waals surface area (Å²) in [6.07, 6.45) is 2.56. The average Bonchev–Trinajstić information content (AvgIpc) is 3.17. The molecule has 0 aliphatic carbocycles. The summed E-state index contributed by atoms with van der Waals surface area (Å²) in [6, 6.07) is 8.46. The number of nitrogens with zero attached hydrogens (tertiary/aromatic N) is 1. The van der Waals surface area contributed by atoms with Gasteiger partial charge in [0.25, 0.3) is 0 Å². The second-order valence-electron chi connectivity index (χ2n) is 5.68. The van der Waals surface area contributed by atoms with Crippen molar-refractivity contribution in [3.63, 3.8) is 0 Å². The number of aliphatic imine (C=N–C) groups is 1. The first-order valence-electron chi connectivity index (χ1n) is 7.74. The van der Waals surface area contributed by atoms with Crippen molar-refractivity contribution in [2.24, 2.45) is 10.9 Å². The average molecular weight is 447 g/mol. The summed E-state index contributed by atoms with van der Waals surface area (Å²) in [5.74, 6) is 2.40. The highest BCUT2D eigenvalue weighted by molar-refractivity contribution is 14.0. The number of nitrogens with one attached hydrogen (secondary N) is 2. The zero-order valence-corrected chi connectivity index (χ0v) is 17.1. The molecule has 2 N–H and O–H groups in total. The molecular formula is C17H26IN3OS. The minimum absolute atomic E-state index is 0. The van der Waals surface area contributed by atoms with E-state index in [4.69, 9.17) is 4.42 Å². The van der Waals surface area contributed by atoms with Crippen LogP contribution in [0.25, 0.3) is 0 Å². The number of hydrogen-bond donors (Lipinski definition) is 2. The lowest BCUT2D eigenvalue weighted by Gasteiger charge is -2.21. The van der Waals surface area contributed by atoms with E-state index >= 15 is 0 Å². The lowest BCUT2D eigenvalue weighted by molar-refractivity contribution is 0.477. The molecule has 0 amide bonds. The molecule has 0 fully saturated rings. The normalized spacial score (nSPS) is 12.8. The molecule has 128 valence electrons. The molecule has 0 saturated carbocycles. The molecule has 2 aromatic heterocycles. The van der Waals surface area contributed by atoms with Crippen molar-refractivity contribution in [3.05, 3.63) is 46.5 Å². The van der Waals surface area contributed by atoms with Crippen LogP contribution in [0.5, 0.6) is 0 Å². The van der Waals surface area contributed by atoms with Crippen LogP contribution < -0.4 is 10.6 Å².